The molecule has 0 aliphatic carbocycles. The molecule has 1 aliphatic heterocycles. The van der Waals surface area contributed by atoms with Crippen molar-refractivity contribution in [2.45, 2.75) is 38.0 Å². The molecule has 6 heteroatoms. The van der Waals surface area contributed by atoms with E-state index in [-0.39, 0.29) is 10.8 Å². The molecule has 1 saturated heterocycles. The number of rotatable bonds is 5. The lowest BCUT2D eigenvalue weighted by Gasteiger charge is -2.30. The average Bonchev–Trinajstić information content (AvgIpc) is 2.68. The van der Waals surface area contributed by atoms with E-state index in [1.165, 1.54) is 12.1 Å². The van der Waals surface area contributed by atoms with Gasteiger partial charge in [0.05, 0.1) is 10.6 Å². The van der Waals surface area contributed by atoms with Gasteiger partial charge in [0.15, 0.2) is 0 Å². The largest absolute Gasteiger partial charge is 0.339 e. The molecule has 0 aromatic heterocycles. The van der Waals surface area contributed by atoms with E-state index in [4.69, 9.17) is 0 Å². The average molecular weight is 387 g/mol. The van der Waals surface area contributed by atoms with Crippen LogP contribution < -0.4 is 4.72 Å². The van der Waals surface area contributed by atoms with E-state index in [9.17, 15) is 13.2 Å². The fourth-order valence-electron chi connectivity index (χ4n) is 3.32. The third-order valence-electron chi connectivity index (χ3n) is 5.10. The van der Waals surface area contributed by atoms with Crippen molar-refractivity contribution < 1.29 is 13.2 Å². The quantitative estimate of drug-likeness (QED) is 0.847. The van der Waals surface area contributed by atoms with Crippen LogP contribution in [0.4, 0.5) is 5.69 Å². The van der Waals surface area contributed by atoms with Crippen LogP contribution in [0, 0.1) is 5.92 Å². The van der Waals surface area contributed by atoms with Gasteiger partial charge in [0, 0.05) is 18.7 Å². The maximum absolute atomic E-state index is 12.8. The summed E-state index contributed by atoms with van der Waals surface area (Å²) in [6, 6.07) is 13.6. The van der Waals surface area contributed by atoms with Crippen molar-refractivity contribution in [3.05, 3.63) is 59.7 Å². The number of carbonyl (C=O) groups is 1. The number of piperidine rings is 1. The van der Waals surface area contributed by atoms with Gasteiger partial charge in [-0.1, -0.05) is 38.1 Å². The van der Waals surface area contributed by atoms with Crippen molar-refractivity contribution in [2.24, 2.45) is 5.92 Å². The number of carbonyl (C=O) groups excluding carboxylic acids is 1. The standard InChI is InChI=1S/C21H26N2O3S/c1-3-17-7-4-5-10-20(17)22-27(25,26)19-9-6-8-18(15-19)21(24)23-13-11-16(2)12-14-23/h4-10,15-16,22H,3,11-14H2,1-2H3. The summed E-state index contributed by atoms with van der Waals surface area (Å²) in [7, 11) is -3.76. The summed E-state index contributed by atoms with van der Waals surface area (Å²) in [5.74, 6) is 0.525. The van der Waals surface area contributed by atoms with E-state index in [0.717, 1.165) is 37.9 Å². The van der Waals surface area contributed by atoms with Gasteiger partial charge in [-0.15, -0.1) is 0 Å². The second-order valence-corrected chi connectivity index (χ2v) is 8.80. The Balaban J connectivity index is 1.82. The molecular formula is C21H26N2O3S. The Hall–Kier alpha value is -2.34. The van der Waals surface area contributed by atoms with Crippen molar-refractivity contribution in [1.29, 1.82) is 0 Å². The Kier molecular flexibility index (Phi) is 5.85. The molecule has 1 N–H and O–H groups in total. The first kappa shape index (κ1) is 19.4. The summed E-state index contributed by atoms with van der Waals surface area (Å²) in [5, 5.41) is 0. The molecule has 2 aromatic rings. The van der Waals surface area contributed by atoms with Gasteiger partial charge in [0.25, 0.3) is 15.9 Å². The molecule has 27 heavy (non-hydrogen) atoms. The Labute approximate surface area is 161 Å². The zero-order valence-electron chi connectivity index (χ0n) is 15.8. The predicted molar refractivity (Wildman–Crippen MR) is 107 cm³/mol. The molecule has 0 atom stereocenters. The Bertz CT molecular complexity index is 917. The van der Waals surface area contributed by atoms with Crippen LogP contribution in [0.15, 0.2) is 53.4 Å². The number of sulfonamides is 1. The molecular weight excluding hydrogens is 360 g/mol. The van der Waals surface area contributed by atoms with Crippen LogP contribution in [0.2, 0.25) is 0 Å². The van der Waals surface area contributed by atoms with Crippen molar-refractivity contribution in [3.8, 4) is 0 Å². The first-order valence-corrected chi connectivity index (χ1v) is 10.9. The molecule has 0 bridgehead atoms. The normalized spacial score (nSPS) is 15.6. The van der Waals surface area contributed by atoms with E-state index in [1.807, 2.05) is 24.0 Å². The maximum Gasteiger partial charge on any atom is 0.261 e. The van der Waals surface area contributed by atoms with Crippen molar-refractivity contribution in [1.82, 2.24) is 4.90 Å². The van der Waals surface area contributed by atoms with Crippen LogP contribution in [0.3, 0.4) is 0 Å². The topological polar surface area (TPSA) is 66.5 Å². The van der Waals surface area contributed by atoms with Gasteiger partial charge in [-0.3, -0.25) is 9.52 Å². The molecule has 1 aliphatic rings. The molecule has 0 saturated carbocycles. The summed E-state index contributed by atoms with van der Waals surface area (Å²) in [4.78, 5) is 14.7. The molecule has 0 spiro atoms. The van der Waals surface area contributed by atoms with E-state index >= 15 is 0 Å². The van der Waals surface area contributed by atoms with E-state index in [1.54, 1.807) is 24.3 Å². The number of anilines is 1. The number of para-hydroxylation sites is 1. The zero-order chi connectivity index (χ0) is 19.4. The van der Waals surface area contributed by atoms with Gasteiger partial charge in [-0.05, 0) is 55.0 Å². The minimum Gasteiger partial charge on any atom is -0.339 e. The van der Waals surface area contributed by atoms with E-state index in [2.05, 4.69) is 11.6 Å². The van der Waals surface area contributed by atoms with Crippen LogP contribution >= 0.6 is 0 Å². The Morgan fingerprint density at radius 2 is 1.81 bits per heavy atom. The predicted octanol–water partition coefficient (Wildman–Crippen LogP) is 3.92. The van der Waals surface area contributed by atoms with Crippen LogP contribution in [0.1, 0.15) is 42.6 Å². The van der Waals surface area contributed by atoms with E-state index < -0.39 is 10.0 Å². The number of benzene rings is 2. The van der Waals surface area contributed by atoms with Crippen molar-refractivity contribution in [2.75, 3.05) is 17.8 Å². The Morgan fingerprint density at radius 1 is 1.11 bits per heavy atom. The van der Waals surface area contributed by atoms with E-state index in [0.29, 0.717) is 17.2 Å². The number of hydrogen-bond acceptors (Lipinski definition) is 3. The Morgan fingerprint density at radius 3 is 2.52 bits per heavy atom. The number of nitrogens with one attached hydrogen (secondary N) is 1. The highest BCUT2D eigenvalue weighted by molar-refractivity contribution is 7.92. The van der Waals surface area contributed by atoms with Gasteiger partial charge in [-0.2, -0.15) is 0 Å². The number of likely N-dealkylation sites (tertiary alicyclic amines) is 1. The minimum absolute atomic E-state index is 0.102. The number of aryl methyl sites for hydroxylation is 1. The van der Waals surface area contributed by atoms with Gasteiger partial charge >= 0.3 is 0 Å². The van der Waals surface area contributed by atoms with Gasteiger partial charge < -0.3 is 4.90 Å². The third kappa shape index (κ3) is 4.50. The fourth-order valence-corrected chi connectivity index (χ4v) is 4.47. The number of nitrogens with zero attached hydrogens (tertiary/aromatic N) is 1. The van der Waals surface area contributed by atoms with Gasteiger partial charge in [0.1, 0.15) is 0 Å². The monoisotopic (exact) mass is 386 g/mol. The lowest BCUT2D eigenvalue weighted by Crippen LogP contribution is -2.37. The van der Waals surface area contributed by atoms with Crippen molar-refractivity contribution in [3.63, 3.8) is 0 Å². The SMILES string of the molecule is CCc1ccccc1NS(=O)(=O)c1cccc(C(=O)N2CCC(C)CC2)c1. The zero-order valence-corrected chi connectivity index (χ0v) is 16.6. The lowest BCUT2D eigenvalue weighted by molar-refractivity contribution is 0.0697. The summed E-state index contributed by atoms with van der Waals surface area (Å²) in [5.41, 5.74) is 1.91. The smallest absolute Gasteiger partial charge is 0.261 e. The lowest BCUT2D eigenvalue weighted by atomic mass is 9.98. The highest BCUT2D eigenvalue weighted by Gasteiger charge is 2.23. The van der Waals surface area contributed by atoms with Crippen LogP contribution in [0.25, 0.3) is 0 Å². The van der Waals surface area contributed by atoms with Crippen LogP contribution in [-0.4, -0.2) is 32.3 Å². The summed E-state index contributed by atoms with van der Waals surface area (Å²) < 4.78 is 28.3. The number of amides is 1. The van der Waals surface area contributed by atoms with Crippen LogP contribution in [-0.2, 0) is 16.4 Å². The summed E-state index contributed by atoms with van der Waals surface area (Å²) in [6.07, 6.45) is 2.70. The molecule has 1 fully saturated rings. The maximum atomic E-state index is 12.8. The number of hydrogen-bond donors (Lipinski definition) is 1. The third-order valence-corrected chi connectivity index (χ3v) is 6.47. The molecule has 0 radical (unpaired) electrons. The first-order valence-electron chi connectivity index (χ1n) is 9.40. The van der Waals surface area contributed by atoms with Gasteiger partial charge in [0.2, 0.25) is 0 Å². The second-order valence-electron chi connectivity index (χ2n) is 7.12. The highest BCUT2D eigenvalue weighted by Crippen LogP contribution is 2.23. The molecule has 1 amide bonds. The highest BCUT2D eigenvalue weighted by atomic mass is 32.2. The molecule has 3 rings (SSSR count). The minimum atomic E-state index is -3.76. The molecule has 5 nitrogen and oxygen atoms in total. The second kappa shape index (κ2) is 8.13. The fraction of sp³-hybridized carbons (Fsp3) is 0.381. The van der Waals surface area contributed by atoms with Crippen molar-refractivity contribution >= 4 is 21.6 Å². The summed E-state index contributed by atoms with van der Waals surface area (Å²) in [6.45, 7) is 5.61. The van der Waals surface area contributed by atoms with Gasteiger partial charge in [-0.25, -0.2) is 8.42 Å². The molecule has 1 heterocycles. The first-order chi connectivity index (χ1) is 12.9. The molecule has 144 valence electrons. The molecule has 0 unspecified atom stereocenters. The molecule has 2 aromatic carbocycles. The van der Waals surface area contributed by atoms with Crippen LogP contribution in [0.5, 0.6) is 0 Å². The summed E-state index contributed by atoms with van der Waals surface area (Å²) >= 11 is 0.